The molecule has 2 N–H and O–H groups in total. The average molecular weight is 361 g/mol. The number of hydrogen-bond donors (Lipinski definition) is 2. The molecule has 7 nitrogen and oxygen atoms in total. The molecule has 2 rings (SSSR count). The molecule has 0 aromatic carbocycles. The Balaban J connectivity index is 1.79. The zero-order valence-electron chi connectivity index (χ0n) is 13.4. The lowest BCUT2D eigenvalue weighted by atomic mass is 9.92. The summed E-state index contributed by atoms with van der Waals surface area (Å²) >= 11 is 1.59. The lowest BCUT2D eigenvalue weighted by molar-refractivity contribution is -0.0417. The Morgan fingerprint density at radius 3 is 2.61 bits per heavy atom. The van der Waals surface area contributed by atoms with Gasteiger partial charge in [-0.05, 0) is 24.3 Å². The highest BCUT2D eigenvalue weighted by Crippen LogP contribution is 2.26. The van der Waals surface area contributed by atoms with Crippen molar-refractivity contribution in [2.75, 3.05) is 33.0 Å². The number of nitrogens with zero attached hydrogens (tertiary/aromatic N) is 1. The molecule has 130 valence electrons. The van der Waals surface area contributed by atoms with Crippen LogP contribution >= 0.6 is 11.3 Å². The molecule has 0 saturated carbocycles. The van der Waals surface area contributed by atoms with Gasteiger partial charge in [-0.3, -0.25) is 0 Å². The van der Waals surface area contributed by atoms with Gasteiger partial charge in [0.1, 0.15) is 0 Å². The second kappa shape index (κ2) is 7.61. The summed E-state index contributed by atoms with van der Waals surface area (Å²) in [6.07, 6.45) is 2.33. The van der Waals surface area contributed by atoms with Gasteiger partial charge < -0.3 is 15.4 Å². The molecule has 0 bridgehead atoms. The number of sulfonamides is 1. The van der Waals surface area contributed by atoms with E-state index in [9.17, 15) is 13.2 Å². The van der Waals surface area contributed by atoms with E-state index in [0.29, 0.717) is 39.0 Å². The Bertz CT molecular complexity index is 608. The normalized spacial score (nSPS) is 18.5. The molecule has 1 aliphatic rings. The van der Waals surface area contributed by atoms with E-state index in [-0.39, 0.29) is 6.03 Å². The van der Waals surface area contributed by atoms with Gasteiger partial charge in [-0.15, -0.1) is 11.3 Å². The molecule has 0 aliphatic carbocycles. The monoisotopic (exact) mass is 361 g/mol. The van der Waals surface area contributed by atoms with Crippen molar-refractivity contribution in [1.29, 1.82) is 0 Å². The minimum absolute atomic E-state index is 0.250. The molecule has 1 aromatic rings. The Morgan fingerprint density at radius 1 is 1.39 bits per heavy atom. The minimum Gasteiger partial charge on any atom is -0.376 e. The summed E-state index contributed by atoms with van der Waals surface area (Å²) in [7, 11) is -1.57. The number of methoxy groups -OCH3 is 1. The molecule has 1 fully saturated rings. The number of carbonyl (C=O) groups excluding carboxylic acids is 1. The first-order chi connectivity index (χ1) is 10.8. The lowest BCUT2D eigenvalue weighted by Gasteiger charge is -2.39. The fraction of sp³-hybridized carbons (Fsp3) is 0.643. The molecule has 0 radical (unpaired) electrons. The molecular formula is C14H23N3O4S2. The van der Waals surface area contributed by atoms with Crippen LogP contribution in [0.15, 0.2) is 17.5 Å². The number of piperidine rings is 1. The molecule has 0 atom stereocenters. The van der Waals surface area contributed by atoms with E-state index >= 15 is 0 Å². The standard InChI is InChI=1S/C14H23N3O4S2/c1-21-14(5-7-17(8-6-14)23(2,19)20)11-16-13(18)15-10-12-4-3-9-22-12/h3-4,9H,5-8,10-11H2,1-2H3,(H2,15,16,18). The minimum atomic E-state index is -3.17. The van der Waals surface area contributed by atoms with Crippen LogP contribution in [0.25, 0.3) is 0 Å². The largest absolute Gasteiger partial charge is 0.376 e. The Hall–Kier alpha value is -1.16. The number of ether oxygens (including phenoxy) is 1. The van der Waals surface area contributed by atoms with E-state index in [1.807, 2.05) is 17.5 Å². The molecule has 0 unspecified atom stereocenters. The molecule has 2 amide bonds. The predicted octanol–water partition coefficient (Wildman–Crippen LogP) is 0.988. The van der Waals surface area contributed by atoms with Gasteiger partial charge in [-0.25, -0.2) is 17.5 Å². The fourth-order valence-electron chi connectivity index (χ4n) is 2.56. The molecule has 2 heterocycles. The highest BCUT2D eigenvalue weighted by Gasteiger charge is 2.37. The van der Waals surface area contributed by atoms with Crippen molar-refractivity contribution in [3.05, 3.63) is 22.4 Å². The van der Waals surface area contributed by atoms with E-state index in [1.165, 1.54) is 10.6 Å². The van der Waals surface area contributed by atoms with Crippen molar-refractivity contribution in [2.24, 2.45) is 0 Å². The van der Waals surface area contributed by atoms with Gasteiger partial charge in [0, 0.05) is 31.6 Å². The third-order valence-corrected chi connectivity index (χ3v) is 6.29. The first-order valence-electron chi connectivity index (χ1n) is 7.39. The van der Waals surface area contributed by atoms with Crippen LogP contribution in [0.2, 0.25) is 0 Å². The summed E-state index contributed by atoms with van der Waals surface area (Å²) in [6.45, 7) is 1.67. The van der Waals surface area contributed by atoms with E-state index in [0.717, 1.165) is 4.88 Å². The van der Waals surface area contributed by atoms with Gasteiger partial charge in [-0.2, -0.15) is 0 Å². The zero-order valence-corrected chi connectivity index (χ0v) is 15.0. The lowest BCUT2D eigenvalue weighted by Crippen LogP contribution is -2.54. The van der Waals surface area contributed by atoms with Gasteiger partial charge in [0.25, 0.3) is 0 Å². The van der Waals surface area contributed by atoms with E-state index in [2.05, 4.69) is 10.6 Å². The van der Waals surface area contributed by atoms with E-state index in [4.69, 9.17) is 4.74 Å². The number of thiophene rings is 1. The van der Waals surface area contributed by atoms with Crippen molar-refractivity contribution < 1.29 is 17.9 Å². The number of nitrogens with one attached hydrogen (secondary N) is 2. The maximum absolute atomic E-state index is 11.9. The maximum atomic E-state index is 11.9. The first kappa shape index (κ1) is 18.2. The summed E-state index contributed by atoms with van der Waals surface area (Å²) in [5, 5.41) is 7.58. The Kier molecular flexibility index (Phi) is 6.01. The molecule has 1 aliphatic heterocycles. The van der Waals surface area contributed by atoms with Crippen molar-refractivity contribution in [2.45, 2.75) is 25.0 Å². The Labute approximate surface area is 141 Å². The third kappa shape index (κ3) is 5.17. The van der Waals surface area contributed by atoms with E-state index in [1.54, 1.807) is 18.4 Å². The van der Waals surface area contributed by atoms with Gasteiger partial charge in [-0.1, -0.05) is 6.07 Å². The number of hydrogen-bond acceptors (Lipinski definition) is 5. The SMILES string of the molecule is COC1(CNC(=O)NCc2cccs2)CCN(S(C)(=O)=O)CC1. The summed E-state index contributed by atoms with van der Waals surface area (Å²) in [4.78, 5) is 13.0. The van der Waals surface area contributed by atoms with Gasteiger partial charge >= 0.3 is 6.03 Å². The van der Waals surface area contributed by atoms with Crippen LogP contribution in [-0.4, -0.2) is 57.4 Å². The van der Waals surface area contributed by atoms with Crippen LogP contribution in [0.3, 0.4) is 0 Å². The van der Waals surface area contributed by atoms with Crippen molar-refractivity contribution in [3.8, 4) is 0 Å². The summed E-state index contributed by atoms with van der Waals surface area (Å²) in [5.74, 6) is 0. The topological polar surface area (TPSA) is 87.7 Å². The summed E-state index contributed by atoms with van der Waals surface area (Å²) < 4.78 is 30.1. The quantitative estimate of drug-likeness (QED) is 0.791. The van der Waals surface area contributed by atoms with Crippen LogP contribution in [0, 0.1) is 0 Å². The second-order valence-electron chi connectivity index (χ2n) is 5.66. The molecule has 9 heteroatoms. The van der Waals surface area contributed by atoms with Crippen molar-refractivity contribution >= 4 is 27.4 Å². The molecule has 1 aromatic heterocycles. The average Bonchev–Trinajstić information content (AvgIpc) is 3.04. The Morgan fingerprint density at radius 2 is 2.09 bits per heavy atom. The van der Waals surface area contributed by atoms with Crippen LogP contribution in [0.1, 0.15) is 17.7 Å². The predicted molar refractivity (Wildman–Crippen MR) is 89.9 cm³/mol. The van der Waals surface area contributed by atoms with Gasteiger partial charge in [0.2, 0.25) is 10.0 Å². The number of carbonyl (C=O) groups is 1. The third-order valence-electron chi connectivity index (χ3n) is 4.11. The first-order valence-corrected chi connectivity index (χ1v) is 10.1. The van der Waals surface area contributed by atoms with E-state index < -0.39 is 15.6 Å². The molecule has 1 saturated heterocycles. The number of urea groups is 1. The van der Waals surface area contributed by atoms with Crippen LogP contribution in [0.4, 0.5) is 4.79 Å². The second-order valence-corrected chi connectivity index (χ2v) is 8.68. The van der Waals surface area contributed by atoms with Crippen molar-refractivity contribution in [1.82, 2.24) is 14.9 Å². The highest BCUT2D eigenvalue weighted by molar-refractivity contribution is 7.88. The van der Waals surface area contributed by atoms with Crippen LogP contribution < -0.4 is 10.6 Å². The van der Waals surface area contributed by atoms with Gasteiger partial charge in [0.05, 0.1) is 18.4 Å². The maximum Gasteiger partial charge on any atom is 0.315 e. The number of rotatable bonds is 6. The smallest absolute Gasteiger partial charge is 0.315 e. The summed E-state index contributed by atoms with van der Waals surface area (Å²) in [6, 6.07) is 3.65. The summed E-state index contributed by atoms with van der Waals surface area (Å²) in [5.41, 5.74) is -0.512. The molecular weight excluding hydrogens is 338 g/mol. The number of amides is 2. The van der Waals surface area contributed by atoms with Gasteiger partial charge in [0.15, 0.2) is 0 Å². The van der Waals surface area contributed by atoms with Crippen molar-refractivity contribution in [3.63, 3.8) is 0 Å². The fourth-order valence-corrected chi connectivity index (χ4v) is 4.05. The van der Waals surface area contributed by atoms with Crippen LogP contribution in [0.5, 0.6) is 0 Å². The zero-order chi connectivity index (χ0) is 16.9. The molecule has 0 spiro atoms. The van der Waals surface area contributed by atoms with Crippen LogP contribution in [-0.2, 0) is 21.3 Å². The highest BCUT2D eigenvalue weighted by atomic mass is 32.2. The molecule has 23 heavy (non-hydrogen) atoms.